The summed E-state index contributed by atoms with van der Waals surface area (Å²) < 4.78 is 5.76. The monoisotopic (exact) mass is 255 g/mol. The van der Waals surface area contributed by atoms with Gasteiger partial charge in [-0.25, -0.2) is 4.98 Å². The first-order chi connectivity index (χ1) is 9.10. The summed E-state index contributed by atoms with van der Waals surface area (Å²) in [5, 5.41) is 0. The Balaban J connectivity index is 2.17. The van der Waals surface area contributed by atoms with Crippen LogP contribution in [0.5, 0.6) is 11.5 Å². The van der Waals surface area contributed by atoms with Crippen LogP contribution >= 0.6 is 0 Å². The first-order valence-electron chi connectivity index (χ1n) is 6.34. The minimum atomic E-state index is 0.0399. The molecule has 3 heteroatoms. The first-order valence-corrected chi connectivity index (χ1v) is 6.34. The van der Waals surface area contributed by atoms with E-state index < -0.39 is 0 Å². The van der Waals surface area contributed by atoms with Gasteiger partial charge in [0.1, 0.15) is 17.2 Å². The molecule has 0 amide bonds. The van der Waals surface area contributed by atoms with Crippen LogP contribution in [0.3, 0.4) is 0 Å². The zero-order chi connectivity index (χ0) is 13.8. The standard InChI is InChI=1S/C16H17NO2/c1-4-15(18)14-7-6-13(10-17-14)19-16-8-5-11(2)9-12(16)3/h5-10H,4H2,1-3H3. The zero-order valence-electron chi connectivity index (χ0n) is 11.4. The van der Waals surface area contributed by atoms with E-state index in [0.717, 1.165) is 11.3 Å². The van der Waals surface area contributed by atoms with Crippen molar-refractivity contribution in [2.24, 2.45) is 0 Å². The highest BCUT2D eigenvalue weighted by Gasteiger charge is 2.06. The Morgan fingerprint density at radius 3 is 2.58 bits per heavy atom. The fourth-order valence-corrected chi connectivity index (χ4v) is 1.83. The number of ether oxygens (including phenoxy) is 1. The molecule has 0 saturated carbocycles. The highest BCUT2D eigenvalue weighted by atomic mass is 16.5. The maximum atomic E-state index is 11.5. The number of nitrogens with zero attached hydrogens (tertiary/aromatic N) is 1. The number of rotatable bonds is 4. The number of ketones is 1. The summed E-state index contributed by atoms with van der Waals surface area (Å²) in [6.45, 7) is 5.87. The van der Waals surface area contributed by atoms with Crippen LogP contribution in [-0.2, 0) is 0 Å². The minimum absolute atomic E-state index is 0.0399. The molecular formula is C16H17NO2. The number of benzene rings is 1. The van der Waals surface area contributed by atoms with E-state index in [1.807, 2.05) is 32.9 Å². The molecule has 1 heterocycles. The van der Waals surface area contributed by atoms with E-state index in [2.05, 4.69) is 11.1 Å². The molecule has 0 N–H and O–H groups in total. The van der Waals surface area contributed by atoms with Crippen LogP contribution in [0.25, 0.3) is 0 Å². The largest absolute Gasteiger partial charge is 0.455 e. The third-order valence-electron chi connectivity index (χ3n) is 2.90. The molecule has 0 aliphatic heterocycles. The molecule has 2 rings (SSSR count). The van der Waals surface area contributed by atoms with Gasteiger partial charge in [0.05, 0.1) is 6.20 Å². The van der Waals surface area contributed by atoms with E-state index in [1.54, 1.807) is 18.3 Å². The summed E-state index contributed by atoms with van der Waals surface area (Å²) in [7, 11) is 0. The minimum Gasteiger partial charge on any atom is -0.455 e. The molecule has 3 nitrogen and oxygen atoms in total. The average molecular weight is 255 g/mol. The Morgan fingerprint density at radius 2 is 2.00 bits per heavy atom. The Bertz CT molecular complexity index is 588. The van der Waals surface area contributed by atoms with Gasteiger partial charge in [-0.05, 0) is 37.6 Å². The molecule has 0 saturated heterocycles. The van der Waals surface area contributed by atoms with Crippen molar-refractivity contribution in [2.45, 2.75) is 27.2 Å². The van der Waals surface area contributed by atoms with Crippen LogP contribution in [0, 0.1) is 13.8 Å². The van der Waals surface area contributed by atoms with Crippen molar-refractivity contribution in [1.82, 2.24) is 4.98 Å². The lowest BCUT2D eigenvalue weighted by atomic mass is 10.1. The van der Waals surface area contributed by atoms with Gasteiger partial charge in [0.2, 0.25) is 0 Å². The predicted molar refractivity (Wildman–Crippen MR) is 74.8 cm³/mol. The van der Waals surface area contributed by atoms with Gasteiger partial charge in [-0.1, -0.05) is 24.6 Å². The summed E-state index contributed by atoms with van der Waals surface area (Å²) >= 11 is 0. The van der Waals surface area contributed by atoms with Crippen molar-refractivity contribution in [3.63, 3.8) is 0 Å². The summed E-state index contributed by atoms with van der Waals surface area (Å²) in [5.41, 5.74) is 2.76. The Morgan fingerprint density at radius 1 is 1.21 bits per heavy atom. The maximum absolute atomic E-state index is 11.5. The Kier molecular flexibility index (Phi) is 3.95. The Hall–Kier alpha value is -2.16. The molecule has 0 unspecified atom stereocenters. The zero-order valence-corrected chi connectivity index (χ0v) is 11.4. The highest BCUT2D eigenvalue weighted by Crippen LogP contribution is 2.25. The molecule has 0 radical (unpaired) electrons. The van der Waals surface area contributed by atoms with Gasteiger partial charge in [-0.15, -0.1) is 0 Å². The quantitative estimate of drug-likeness (QED) is 0.773. The number of pyridine rings is 1. The lowest BCUT2D eigenvalue weighted by molar-refractivity contribution is 0.0983. The highest BCUT2D eigenvalue weighted by molar-refractivity contribution is 5.93. The summed E-state index contributed by atoms with van der Waals surface area (Å²) in [5.74, 6) is 1.49. The SMILES string of the molecule is CCC(=O)c1ccc(Oc2ccc(C)cc2C)cn1. The molecule has 0 spiro atoms. The smallest absolute Gasteiger partial charge is 0.180 e. The number of hydrogen-bond acceptors (Lipinski definition) is 3. The fraction of sp³-hybridized carbons (Fsp3) is 0.250. The Labute approximate surface area is 113 Å². The van der Waals surface area contributed by atoms with Crippen molar-refractivity contribution >= 4 is 5.78 Å². The van der Waals surface area contributed by atoms with Crippen LogP contribution in [0.4, 0.5) is 0 Å². The van der Waals surface area contributed by atoms with Crippen molar-refractivity contribution in [3.8, 4) is 11.5 Å². The molecule has 1 aromatic carbocycles. The summed E-state index contributed by atoms with van der Waals surface area (Å²) in [6.07, 6.45) is 2.05. The lowest BCUT2D eigenvalue weighted by Crippen LogP contribution is -1.99. The van der Waals surface area contributed by atoms with Crippen LogP contribution in [-0.4, -0.2) is 10.8 Å². The van der Waals surface area contributed by atoms with Crippen LogP contribution in [0.2, 0.25) is 0 Å². The molecule has 98 valence electrons. The van der Waals surface area contributed by atoms with Gasteiger partial charge in [-0.3, -0.25) is 4.79 Å². The molecule has 0 aliphatic carbocycles. The normalized spacial score (nSPS) is 10.3. The van der Waals surface area contributed by atoms with Gasteiger partial charge >= 0.3 is 0 Å². The molecule has 0 fully saturated rings. The van der Waals surface area contributed by atoms with E-state index in [9.17, 15) is 4.79 Å². The third kappa shape index (κ3) is 3.19. The van der Waals surface area contributed by atoms with E-state index in [4.69, 9.17) is 4.74 Å². The second-order valence-corrected chi connectivity index (χ2v) is 4.53. The second-order valence-electron chi connectivity index (χ2n) is 4.53. The molecular weight excluding hydrogens is 238 g/mol. The molecule has 1 aromatic heterocycles. The van der Waals surface area contributed by atoms with Gasteiger partial charge in [0.15, 0.2) is 5.78 Å². The van der Waals surface area contributed by atoms with E-state index in [-0.39, 0.29) is 5.78 Å². The molecule has 0 aliphatic rings. The summed E-state index contributed by atoms with van der Waals surface area (Å²) in [6, 6.07) is 9.48. The number of hydrogen-bond donors (Lipinski definition) is 0. The predicted octanol–water partition coefficient (Wildman–Crippen LogP) is 4.08. The lowest BCUT2D eigenvalue weighted by Gasteiger charge is -2.09. The van der Waals surface area contributed by atoms with E-state index >= 15 is 0 Å². The number of carbonyl (C=O) groups excluding carboxylic acids is 1. The van der Waals surface area contributed by atoms with Gasteiger partial charge in [0, 0.05) is 6.42 Å². The molecule has 0 bridgehead atoms. The van der Waals surface area contributed by atoms with Gasteiger partial charge < -0.3 is 4.74 Å². The van der Waals surface area contributed by atoms with Crippen LogP contribution < -0.4 is 4.74 Å². The number of Topliss-reactive ketones (excluding diaryl/α,β-unsaturated/α-hetero) is 1. The number of aryl methyl sites for hydroxylation is 2. The first kappa shape index (κ1) is 13.3. The third-order valence-corrected chi connectivity index (χ3v) is 2.90. The average Bonchev–Trinajstić information content (AvgIpc) is 2.42. The van der Waals surface area contributed by atoms with Gasteiger partial charge in [-0.2, -0.15) is 0 Å². The van der Waals surface area contributed by atoms with Crippen molar-refractivity contribution in [3.05, 3.63) is 53.3 Å². The van der Waals surface area contributed by atoms with Crippen molar-refractivity contribution < 1.29 is 9.53 Å². The maximum Gasteiger partial charge on any atom is 0.180 e. The molecule has 2 aromatic rings. The topological polar surface area (TPSA) is 39.2 Å². The second kappa shape index (κ2) is 5.65. The van der Waals surface area contributed by atoms with E-state index in [0.29, 0.717) is 17.9 Å². The van der Waals surface area contributed by atoms with Crippen LogP contribution in [0.1, 0.15) is 35.0 Å². The van der Waals surface area contributed by atoms with Crippen molar-refractivity contribution in [2.75, 3.05) is 0 Å². The number of aromatic nitrogens is 1. The fourth-order valence-electron chi connectivity index (χ4n) is 1.83. The van der Waals surface area contributed by atoms with Gasteiger partial charge in [0.25, 0.3) is 0 Å². The molecule has 0 atom stereocenters. The number of carbonyl (C=O) groups is 1. The summed E-state index contributed by atoms with van der Waals surface area (Å²) in [4.78, 5) is 15.6. The van der Waals surface area contributed by atoms with E-state index in [1.165, 1.54) is 5.56 Å². The van der Waals surface area contributed by atoms with Crippen molar-refractivity contribution in [1.29, 1.82) is 0 Å². The van der Waals surface area contributed by atoms with Crippen LogP contribution in [0.15, 0.2) is 36.5 Å². The molecule has 19 heavy (non-hydrogen) atoms.